The van der Waals surface area contributed by atoms with Crippen LogP contribution >= 0.6 is 0 Å². The zero-order valence-corrected chi connectivity index (χ0v) is 14.9. The number of allylic oxidation sites excluding steroid dienone is 1. The van der Waals surface area contributed by atoms with Crippen LogP contribution in [0.5, 0.6) is 0 Å². The van der Waals surface area contributed by atoms with Crippen LogP contribution in [-0.2, 0) is 19.1 Å². The molecule has 3 aliphatic carbocycles. The quantitative estimate of drug-likeness (QED) is 0.623. The molecule has 0 amide bonds. The predicted octanol–water partition coefficient (Wildman–Crippen LogP) is 0.646. The molecule has 9 atom stereocenters. The van der Waals surface area contributed by atoms with E-state index in [2.05, 4.69) is 0 Å². The lowest BCUT2D eigenvalue weighted by atomic mass is 9.40. The van der Waals surface area contributed by atoms with Crippen molar-refractivity contribution < 1.29 is 29.3 Å². The summed E-state index contributed by atoms with van der Waals surface area (Å²) in [5, 5.41) is 21.9. The zero-order valence-electron chi connectivity index (χ0n) is 14.9. The number of aliphatic hydroxyl groups is 2. The molecule has 2 bridgehead atoms. The lowest BCUT2D eigenvalue weighted by Gasteiger charge is -2.62. The van der Waals surface area contributed by atoms with E-state index in [9.17, 15) is 24.6 Å². The lowest BCUT2D eigenvalue weighted by Crippen LogP contribution is -2.70. The highest BCUT2D eigenvalue weighted by Crippen LogP contribution is 2.66. The smallest absolute Gasteiger partial charge is 0.310 e. The van der Waals surface area contributed by atoms with Crippen LogP contribution in [0.25, 0.3) is 0 Å². The van der Waals surface area contributed by atoms with Gasteiger partial charge in [0.2, 0.25) is 0 Å². The monoisotopic (exact) mass is 348 g/mol. The van der Waals surface area contributed by atoms with Gasteiger partial charge in [0, 0.05) is 29.1 Å². The van der Waals surface area contributed by atoms with Crippen LogP contribution in [0.3, 0.4) is 0 Å². The van der Waals surface area contributed by atoms with E-state index in [4.69, 9.17) is 4.74 Å². The molecule has 1 unspecified atom stereocenters. The second-order valence-corrected chi connectivity index (χ2v) is 8.73. The van der Waals surface area contributed by atoms with Gasteiger partial charge in [-0.1, -0.05) is 26.3 Å². The molecule has 6 nitrogen and oxygen atoms in total. The van der Waals surface area contributed by atoms with Gasteiger partial charge in [-0.15, -0.1) is 0 Å². The molecule has 0 aromatic heterocycles. The maximum absolute atomic E-state index is 13.2. The minimum Gasteiger partial charge on any atom is -0.459 e. The minimum absolute atomic E-state index is 0.0949. The van der Waals surface area contributed by atoms with E-state index in [1.807, 2.05) is 6.92 Å². The van der Waals surface area contributed by atoms with Crippen LogP contribution < -0.4 is 0 Å². The van der Waals surface area contributed by atoms with Gasteiger partial charge < -0.3 is 14.9 Å². The number of esters is 1. The summed E-state index contributed by atoms with van der Waals surface area (Å²) in [4.78, 5) is 38.0. The van der Waals surface area contributed by atoms with Crippen LogP contribution in [0.4, 0.5) is 0 Å². The number of fused-ring (bicyclic) bond motifs is 6. The van der Waals surface area contributed by atoms with Crippen molar-refractivity contribution >= 4 is 17.5 Å². The third-order valence-electron chi connectivity index (χ3n) is 7.71. The van der Waals surface area contributed by atoms with Gasteiger partial charge in [-0.2, -0.15) is 0 Å². The van der Waals surface area contributed by atoms with Crippen molar-refractivity contribution in [3.63, 3.8) is 0 Å². The molecule has 0 aromatic rings. The summed E-state index contributed by atoms with van der Waals surface area (Å²) >= 11 is 0. The molecule has 0 aromatic carbocycles. The molecule has 3 fully saturated rings. The van der Waals surface area contributed by atoms with Crippen LogP contribution in [0, 0.1) is 34.5 Å². The van der Waals surface area contributed by atoms with E-state index in [-0.39, 0.29) is 24.0 Å². The molecule has 4 rings (SSSR count). The first-order chi connectivity index (χ1) is 11.6. The Kier molecular flexibility index (Phi) is 3.24. The number of hydrogen-bond acceptors (Lipinski definition) is 6. The lowest BCUT2D eigenvalue weighted by molar-refractivity contribution is -0.208. The van der Waals surface area contributed by atoms with E-state index in [0.717, 1.165) is 5.57 Å². The van der Waals surface area contributed by atoms with E-state index in [0.29, 0.717) is 0 Å². The fourth-order valence-electron chi connectivity index (χ4n) is 6.55. The average Bonchev–Trinajstić information content (AvgIpc) is 2.78. The highest BCUT2D eigenvalue weighted by Gasteiger charge is 2.74. The second-order valence-electron chi connectivity index (χ2n) is 8.73. The Morgan fingerprint density at radius 1 is 1.20 bits per heavy atom. The summed E-state index contributed by atoms with van der Waals surface area (Å²) in [6, 6.07) is 0. The highest BCUT2D eigenvalue weighted by atomic mass is 16.6. The van der Waals surface area contributed by atoms with Crippen LogP contribution in [0.15, 0.2) is 11.6 Å². The standard InChI is InChI=1S/C19H24O6/c1-7-5-10(20)16(23)18(3)9(7)6-11(21)19(4)12-8(2)14(25-17(12)24)13(22)15(18)19/h5,8-9,12-16,22-23H,6H2,1-4H3/t8-,9?,12-,13+,14-,15-,16-,18+,19+/m1/s1. The third kappa shape index (κ3) is 1.70. The van der Waals surface area contributed by atoms with Crippen molar-refractivity contribution in [3.05, 3.63) is 11.6 Å². The molecule has 6 heteroatoms. The van der Waals surface area contributed by atoms with E-state index in [1.54, 1.807) is 20.8 Å². The normalized spacial score (nSPS) is 54.6. The molecule has 1 heterocycles. The summed E-state index contributed by atoms with van der Waals surface area (Å²) in [6.45, 7) is 7.09. The number of carbonyl (C=O) groups is 3. The third-order valence-corrected chi connectivity index (χ3v) is 7.71. The Morgan fingerprint density at radius 2 is 1.84 bits per heavy atom. The Hall–Kier alpha value is -1.53. The summed E-state index contributed by atoms with van der Waals surface area (Å²) in [7, 11) is 0. The molecular weight excluding hydrogens is 324 g/mol. The SMILES string of the molecule is CC1=CC(=O)[C@@H](O)[C@@]2(C)C1CC(=O)[C@@]1(C)[C@H]3C(=O)O[C@H]([C@@H]3C)[C@H](O)[C@@H]12. The van der Waals surface area contributed by atoms with Crippen molar-refractivity contribution in [1.29, 1.82) is 0 Å². The van der Waals surface area contributed by atoms with Crippen molar-refractivity contribution in [2.75, 3.05) is 0 Å². The van der Waals surface area contributed by atoms with Crippen LogP contribution in [-0.4, -0.2) is 46.1 Å². The summed E-state index contributed by atoms with van der Waals surface area (Å²) in [5.74, 6) is -2.93. The maximum Gasteiger partial charge on any atom is 0.310 e. The van der Waals surface area contributed by atoms with Crippen molar-refractivity contribution in [1.82, 2.24) is 0 Å². The van der Waals surface area contributed by atoms with Crippen LogP contribution in [0.1, 0.15) is 34.1 Å². The number of ether oxygens (including phenoxy) is 1. The molecular formula is C19H24O6. The van der Waals surface area contributed by atoms with Gasteiger partial charge in [0.25, 0.3) is 0 Å². The van der Waals surface area contributed by atoms with Crippen molar-refractivity contribution in [2.45, 2.75) is 52.4 Å². The van der Waals surface area contributed by atoms with Gasteiger partial charge in [-0.05, 0) is 18.9 Å². The predicted molar refractivity (Wildman–Crippen MR) is 86.1 cm³/mol. The number of Topliss-reactive ketones (excluding diaryl/α,β-unsaturated/α-hetero) is 1. The summed E-state index contributed by atoms with van der Waals surface area (Å²) < 4.78 is 5.41. The number of rotatable bonds is 0. The van der Waals surface area contributed by atoms with Crippen molar-refractivity contribution in [2.24, 2.45) is 34.5 Å². The maximum atomic E-state index is 13.2. The van der Waals surface area contributed by atoms with Gasteiger partial charge in [0.05, 0.1) is 12.0 Å². The van der Waals surface area contributed by atoms with Gasteiger partial charge in [0.15, 0.2) is 5.78 Å². The molecule has 2 N–H and O–H groups in total. The topological polar surface area (TPSA) is 101 Å². The second kappa shape index (κ2) is 4.80. The first kappa shape index (κ1) is 16.9. The minimum atomic E-state index is -1.31. The number of carbonyl (C=O) groups excluding carboxylic acids is 3. The fourth-order valence-corrected chi connectivity index (χ4v) is 6.55. The van der Waals surface area contributed by atoms with E-state index >= 15 is 0 Å². The molecule has 1 aliphatic heterocycles. The fraction of sp³-hybridized carbons (Fsp3) is 0.737. The van der Waals surface area contributed by atoms with Crippen LogP contribution in [0.2, 0.25) is 0 Å². The number of hydrogen-bond donors (Lipinski definition) is 2. The van der Waals surface area contributed by atoms with E-state index < -0.39 is 52.7 Å². The van der Waals surface area contributed by atoms with Gasteiger partial charge in [-0.25, -0.2) is 0 Å². The Labute approximate surface area is 146 Å². The Bertz CT molecular complexity index is 725. The first-order valence-electron chi connectivity index (χ1n) is 8.88. The molecule has 2 saturated carbocycles. The summed E-state index contributed by atoms with van der Waals surface area (Å²) in [5.41, 5.74) is -1.41. The molecule has 1 saturated heterocycles. The zero-order chi connectivity index (χ0) is 18.5. The largest absolute Gasteiger partial charge is 0.459 e. The molecule has 136 valence electrons. The van der Waals surface area contributed by atoms with Gasteiger partial charge >= 0.3 is 5.97 Å². The number of aliphatic hydroxyl groups excluding tert-OH is 2. The van der Waals surface area contributed by atoms with Crippen molar-refractivity contribution in [3.8, 4) is 0 Å². The molecule has 0 spiro atoms. The average molecular weight is 348 g/mol. The highest BCUT2D eigenvalue weighted by molar-refractivity contribution is 5.98. The van der Waals surface area contributed by atoms with Gasteiger partial charge in [0.1, 0.15) is 18.0 Å². The van der Waals surface area contributed by atoms with E-state index in [1.165, 1.54) is 6.08 Å². The van der Waals surface area contributed by atoms with Gasteiger partial charge in [-0.3, -0.25) is 14.4 Å². The number of ketones is 2. The molecule has 0 radical (unpaired) electrons. The molecule has 25 heavy (non-hydrogen) atoms. The Morgan fingerprint density at radius 3 is 2.48 bits per heavy atom. The first-order valence-corrected chi connectivity index (χ1v) is 8.88. The summed E-state index contributed by atoms with van der Waals surface area (Å²) in [6.07, 6.45) is -1.54. The Balaban J connectivity index is 1.96. The molecule has 4 aliphatic rings.